The van der Waals surface area contributed by atoms with Crippen LogP contribution in [0.25, 0.3) is 16.9 Å². The van der Waals surface area contributed by atoms with Crippen LogP contribution in [-0.2, 0) is 4.74 Å². The largest absolute Gasteiger partial charge is 0.464 e. The van der Waals surface area contributed by atoms with Crippen molar-refractivity contribution >= 4 is 21.9 Å². The molecule has 0 bridgehead atoms. The quantitative estimate of drug-likeness (QED) is 0.643. The Kier molecular flexibility index (Phi) is 4.45. The van der Waals surface area contributed by atoms with E-state index in [1.807, 2.05) is 30.3 Å². The highest BCUT2D eigenvalue weighted by molar-refractivity contribution is 9.10. The molecule has 0 spiro atoms. The fourth-order valence-corrected chi connectivity index (χ4v) is 2.71. The zero-order valence-electron chi connectivity index (χ0n) is 12.7. The summed E-state index contributed by atoms with van der Waals surface area (Å²) in [5.74, 6) is -0.528. The number of esters is 1. The summed E-state index contributed by atoms with van der Waals surface area (Å²) in [5.41, 5.74) is 2.80. The molecule has 3 rings (SSSR count). The molecule has 0 aliphatic carbocycles. The van der Waals surface area contributed by atoms with Crippen molar-refractivity contribution < 1.29 is 9.53 Å². The van der Waals surface area contributed by atoms with Gasteiger partial charge in [0.15, 0.2) is 5.69 Å². The Morgan fingerprint density at radius 1 is 1.21 bits per heavy atom. The molecule has 0 unspecified atom stereocenters. The number of hydrogen-bond acceptors (Lipinski definition) is 4. The van der Waals surface area contributed by atoms with E-state index in [-0.39, 0.29) is 5.69 Å². The Hall–Kier alpha value is -2.91. The van der Waals surface area contributed by atoms with E-state index in [4.69, 9.17) is 4.74 Å². The Morgan fingerprint density at radius 3 is 2.62 bits per heavy atom. The molecule has 1 aromatic heterocycles. The number of carbonyl (C=O) groups excluding carboxylic acids is 1. The van der Waals surface area contributed by atoms with Crippen molar-refractivity contribution in [1.29, 1.82) is 5.26 Å². The summed E-state index contributed by atoms with van der Waals surface area (Å²) < 4.78 is 7.17. The summed E-state index contributed by atoms with van der Waals surface area (Å²) in [6.07, 6.45) is 0. The number of nitriles is 1. The van der Waals surface area contributed by atoms with Gasteiger partial charge in [-0.3, -0.25) is 0 Å². The van der Waals surface area contributed by atoms with Crippen molar-refractivity contribution in [1.82, 2.24) is 9.78 Å². The maximum absolute atomic E-state index is 11.9. The van der Waals surface area contributed by atoms with Gasteiger partial charge in [0.1, 0.15) is 6.07 Å². The molecule has 0 saturated carbocycles. The number of halogens is 1. The second-order valence-corrected chi connectivity index (χ2v) is 5.87. The average molecular weight is 382 g/mol. The average Bonchev–Trinajstić information content (AvgIpc) is 3.07. The molecule has 24 heavy (non-hydrogen) atoms. The Labute approximate surface area is 147 Å². The van der Waals surface area contributed by atoms with Crippen molar-refractivity contribution in [2.24, 2.45) is 0 Å². The molecule has 0 aliphatic heterocycles. The molecule has 0 radical (unpaired) electrons. The molecule has 5 nitrogen and oxygen atoms in total. The minimum atomic E-state index is -0.528. The first-order chi connectivity index (χ1) is 11.6. The summed E-state index contributed by atoms with van der Waals surface area (Å²) in [5, 5.41) is 13.7. The third kappa shape index (κ3) is 2.94. The van der Waals surface area contributed by atoms with Gasteiger partial charge in [0, 0.05) is 10.0 Å². The number of hydrogen-bond donors (Lipinski definition) is 0. The van der Waals surface area contributed by atoms with E-state index in [2.05, 4.69) is 27.1 Å². The standard InChI is InChI=1S/C18H12BrN3O2/c1-24-18(23)15-10-17(12-5-3-2-4-6-12)22(21-15)16-9-14(19)8-7-13(16)11-20/h2-10H,1H3. The normalized spacial score (nSPS) is 10.2. The summed E-state index contributed by atoms with van der Waals surface area (Å²) in [6, 6.07) is 18.6. The second kappa shape index (κ2) is 6.69. The molecule has 0 N–H and O–H groups in total. The number of carbonyl (C=O) groups is 1. The highest BCUT2D eigenvalue weighted by Crippen LogP contribution is 2.27. The predicted molar refractivity (Wildman–Crippen MR) is 92.8 cm³/mol. The molecule has 0 amide bonds. The van der Waals surface area contributed by atoms with Gasteiger partial charge in [-0.2, -0.15) is 10.4 Å². The van der Waals surface area contributed by atoms with Gasteiger partial charge < -0.3 is 4.74 Å². The zero-order chi connectivity index (χ0) is 17.1. The number of ether oxygens (including phenoxy) is 1. The van der Waals surface area contributed by atoms with Crippen LogP contribution < -0.4 is 0 Å². The number of methoxy groups -OCH3 is 1. The van der Waals surface area contributed by atoms with Gasteiger partial charge in [-0.25, -0.2) is 9.48 Å². The minimum Gasteiger partial charge on any atom is -0.464 e. The van der Waals surface area contributed by atoms with Gasteiger partial charge in [-0.1, -0.05) is 46.3 Å². The van der Waals surface area contributed by atoms with E-state index < -0.39 is 5.97 Å². The van der Waals surface area contributed by atoms with Crippen molar-refractivity contribution in [2.45, 2.75) is 0 Å². The molecule has 2 aromatic carbocycles. The van der Waals surface area contributed by atoms with Gasteiger partial charge in [0.25, 0.3) is 0 Å². The fourth-order valence-electron chi connectivity index (χ4n) is 2.36. The summed E-state index contributed by atoms with van der Waals surface area (Å²) in [4.78, 5) is 11.9. The van der Waals surface area contributed by atoms with Crippen molar-refractivity contribution in [3.05, 3.63) is 70.3 Å². The van der Waals surface area contributed by atoms with Crippen LogP contribution in [0.15, 0.2) is 59.1 Å². The van der Waals surface area contributed by atoms with E-state index in [9.17, 15) is 10.1 Å². The van der Waals surface area contributed by atoms with Gasteiger partial charge in [-0.15, -0.1) is 0 Å². The van der Waals surface area contributed by atoms with E-state index in [0.717, 1.165) is 10.0 Å². The first-order valence-corrected chi connectivity index (χ1v) is 7.87. The maximum atomic E-state index is 11.9. The van der Waals surface area contributed by atoms with Gasteiger partial charge >= 0.3 is 5.97 Å². The van der Waals surface area contributed by atoms with Crippen LogP contribution in [0.3, 0.4) is 0 Å². The second-order valence-electron chi connectivity index (χ2n) is 4.96. The summed E-state index contributed by atoms with van der Waals surface area (Å²) >= 11 is 3.41. The van der Waals surface area contributed by atoms with Gasteiger partial charge in [0.05, 0.1) is 24.1 Å². The van der Waals surface area contributed by atoms with Crippen LogP contribution in [0.1, 0.15) is 16.1 Å². The lowest BCUT2D eigenvalue weighted by Gasteiger charge is -2.09. The van der Waals surface area contributed by atoms with E-state index >= 15 is 0 Å². The number of aromatic nitrogens is 2. The third-order valence-electron chi connectivity index (χ3n) is 3.48. The maximum Gasteiger partial charge on any atom is 0.358 e. The molecule has 118 valence electrons. The smallest absolute Gasteiger partial charge is 0.358 e. The van der Waals surface area contributed by atoms with Gasteiger partial charge in [0.2, 0.25) is 0 Å². The molecule has 0 aliphatic rings. The van der Waals surface area contributed by atoms with Crippen molar-refractivity contribution in [3.8, 4) is 23.0 Å². The number of nitrogens with zero attached hydrogens (tertiary/aromatic N) is 3. The van der Waals surface area contributed by atoms with E-state index in [0.29, 0.717) is 16.9 Å². The van der Waals surface area contributed by atoms with Crippen LogP contribution in [-0.4, -0.2) is 22.9 Å². The Bertz CT molecular complexity index is 943. The molecule has 3 aromatic rings. The molecule has 6 heteroatoms. The molecular formula is C18H12BrN3O2. The molecule has 0 atom stereocenters. The molecule has 0 saturated heterocycles. The number of benzene rings is 2. The van der Waals surface area contributed by atoms with E-state index in [1.165, 1.54) is 7.11 Å². The molecule has 1 heterocycles. The van der Waals surface area contributed by atoms with Crippen LogP contribution in [0.4, 0.5) is 0 Å². The zero-order valence-corrected chi connectivity index (χ0v) is 14.3. The topological polar surface area (TPSA) is 67.9 Å². The monoisotopic (exact) mass is 381 g/mol. The van der Waals surface area contributed by atoms with Crippen LogP contribution in [0.2, 0.25) is 0 Å². The Balaban J connectivity index is 2.28. The first kappa shape index (κ1) is 16.0. The predicted octanol–water partition coefficient (Wildman–Crippen LogP) is 3.96. The van der Waals surface area contributed by atoms with Crippen molar-refractivity contribution in [2.75, 3.05) is 7.11 Å². The van der Waals surface area contributed by atoms with Crippen LogP contribution in [0.5, 0.6) is 0 Å². The number of rotatable bonds is 3. The Morgan fingerprint density at radius 2 is 1.96 bits per heavy atom. The van der Waals surface area contributed by atoms with Gasteiger partial charge in [-0.05, 0) is 24.3 Å². The van der Waals surface area contributed by atoms with Crippen LogP contribution in [0, 0.1) is 11.3 Å². The highest BCUT2D eigenvalue weighted by atomic mass is 79.9. The lowest BCUT2D eigenvalue weighted by Crippen LogP contribution is -2.06. The highest BCUT2D eigenvalue weighted by Gasteiger charge is 2.19. The molecule has 0 fully saturated rings. The van der Waals surface area contributed by atoms with Crippen molar-refractivity contribution in [3.63, 3.8) is 0 Å². The summed E-state index contributed by atoms with van der Waals surface area (Å²) in [7, 11) is 1.31. The fraction of sp³-hybridized carbons (Fsp3) is 0.0556. The minimum absolute atomic E-state index is 0.181. The lowest BCUT2D eigenvalue weighted by atomic mass is 10.1. The third-order valence-corrected chi connectivity index (χ3v) is 3.98. The first-order valence-electron chi connectivity index (χ1n) is 7.08. The summed E-state index contributed by atoms with van der Waals surface area (Å²) in [6.45, 7) is 0. The van der Waals surface area contributed by atoms with E-state index in [1.54, 1.807) is 28.9 Å². The van der Waals surface area contributed by atoms with Crippen LogP contribution >= 0.6 is 15.9 Å². The molecular weight excluding hydrogens is 370 g/mol. The SMILES string of the molecule is COC(=O)c1cc(-c2ccccc2)n(-c2cc(Br)ccc2C#N)n1. The lowest BCUT2D eigenvalue weighted by molar-refractivity contribution is 0.0593.